The summed E-state index contributed by atoms with van der Waals surface area (Å²) in [5, 5.41) is 5.40. The zero-order valence-electron chi connectivity index (χ0n) is 13.4. The average Bonchev–Trinajstić information content (AvgIpc) is 2.53. The summed E-state index contributed by atoms with van der Waals surface area (Å²) in [7, 11) is 0. The Morgan fingerprint density at radius 3 is 2.92 bits per heavy atom. The molecule has 1 unspecified atom stereocenters. The van der Waals surface area contributed by atoms with Crippen LogP contribution in [0.1, 0.15) is 24.2 Å². The van der Waals surface area contributed by atoms with E-state index in [9.17, 15) is 14.4 Å². The number of esters is 1. The third-order valence-corrected chi connectivity index (χ3v) is 3.88. The third-order valence-electron chi connectivity index (χ3n) is 2.88. The molecule has 1 atom stereocenters. The predicted molar refractivity (Wildman–Crippen MR) is 91.2 cm³/mol. The number of thioether (sulfide) groups is 1. The number of hydrazine groups is 1. The number of hydrogen-bond donors (Lipinski definition) is 4. The molecular formula is C15H20N4O4S. The molecule has 9 heteroatoms. The summed E-state index contributed by atoms with van der Waals surface area (Å²) < 4.78 is 5.12. The Morgan fingerprint density at radius 1 is 1.42 bits per heavy atom. The van der Waals surface area contributed by atoms with Crippen molar-refractivity contribution in [3.8, 4) is 0 Å². The fraction of sp³-hybridized carbons (Fsp3) is 0.400. The van der Waals surface area contributed by atoms with Gasteiger partial charge in [-0.3, -0.25) is 9.59 Å². The highest BCUT2D eigenvalue weighted by atomic mass is 32.2. The highest BCUT2D eigenvalue weighted by molar-refractivity contribution is 8.00. The Balaban J connectivity index is 1.85. The van der Waals surface area contributed by atoms with Crippen LogP contribution in [0.3, 0.4) is 0 Å². The molecule has 0 aromatic heterocycles. The van der Waals surface area contributed by atoms with Crippen molar-refractivity contribution in [3.63, 3.8) is 0 Å². The van der Waals surface area contributed by atoms with Gasteiger partial charge >= 0.3 is 5.97 Å². The SMILES string of the molecule is CC(C)OC(=O)c1cccc(NC(=O)CSC2NNCC(=O)N2)c1. The number of carbonyl (C=O) groups is 3. The van der Waals surface area contributed by atoms with Crippen molar-refractivity contribution in [2.45, 2.75) is 25.4 Å². The van der Waals surface area contributed by atoms with Gasteiger partial charge in [0.25, 0.3) is 0 Å². The van der Waals surface area contributed by atoms with E-state index in [2.05, 4.69) is 21.5 Å². The quantitative estimate of drug-likeness (QED) is 0.550. The van der Waals surface area contributed by atoms with Gasteiger partial charge in [-0.2, -0.15) is 0 Å². The molecule has 1 aliphatic heterocycles. The smallest absolute Gasteiger partial charge is 0.338 e. The zero-order valence-corrected chi connectivity index (χ0v) is 14.2. The lowest BCUT2D eigenvalue weighted by molar-refractivity contribution is -0.122. The first kappa shape index (κ1) is 18.2. The molecule has 4 N–H and O–H groups in total. The number of carbonyl (C=O) groups excluding carboxylic acids is 3. The molecule has 1 aromatic carbocycles. The van der Waals surface area contributed by atoms with E-state index in [1.807, 2.05) is 0 Å². The van der Waals surface area contributed by atoms with Crippen LogP contribution in [-0.2, 0) is 14.3 Å². The number of hydrogen-bond acceptors (Lipinski definition) is 7. The molecule has 130 valence electrons. The van der Waals surface area contributed by atoms with Gasteiger partial charge in [0.1, 0.15) is 5.50 Å². The molecule has 1 heterocycles. The van der Waals surface area contributed by atoms with Gasteiger partial charge < -0.3 is 15.4 Å². The van der Waals surface area contributed by atoms with E-state index in [4.69, 9.17) is 4.74 Å². The Bertz CT molecular complexity index is 623. The molecule has 0 spiro atoms. The first-order chi connectivity index (χ1) is 11.4. The van der Waals surface area contributed by atoms with Crippen molar-refractivity contribution in [3.05, 3.63) is 29.8 Å². The van der Waals surface area contributed by atoms with Crippen LogP contribution >= 0.6 is 11.8 Å². The third kappa shape index (κ3) is 5.84. The molecule has 0 bridgehead atoms. The summed E-state index contributed by atoms with van der Waals surface area (Å²) in [5.74, 6) is -0.671. The summed E-state index contributed by atoms with van der Waals surface area (Å²) in [6, 6.07) is 6.56. The number of rotatable bonds is 6. The van der Waals surface area contributed by atoms with Gasteiger partial charge in [-0.1, -0.05) is 6.07 Å². The molecule has 1 saturated heterocycles. The van der Waals surface area contributed by atoms with Gasteiger partial charge in [0.15, 0.2) is 0 Å². The number of ether oxygens (including phenoxy) is 1. The van der Waals surface area contributed by atoms with Crippen LogP contribution in [0.4, 0.5) is 5.69 Å². The lowest BCUT2D eigenvalue weighted by Crippen LogP contribution is -2.58. The molecule has 0 aliphatic carbocycles. The maximum Gasteiger partial charge on any atom is 0.338 e. The number of amides is 2. The zero-order chi connectivity index (χ0) is 17.5. The van der Waals surface area contributed by atoms with E-state index in [0.29, 0.717) is 11.3 Å². The van der Waals surface area contributed by atoms with Gasteiger partial charge in [-0.15, -0.1) is 11.8 Å². The van der Waals surface area contributed by atoms with E-state index in [1.165, 1.54) is 11.8 Å². The molecule has 1 fully saturated rings. The van der Waals surface area contributed by atoms with Crippen LogP contribution in [0.25, 0.3) is 0 Å². The molecule has 2 amide bonds. The van der Waals surface area contributed by atoms with Gasteiger partial charge in [-0.05, 0) is 32.0 Å². The van der Waals surface area contributed by atoms with Gasteiger partial charge in [-0.25, -0.2) is 15.6 Å². The standard InChI is InChI=1S/C15H20N4O4S/c1-9(2)23-14(22)10-4-3-5-11(6-10)17-13(21)8-24-15-18-12(20)7-16-19-15/h3-6,9,15-16,19H,7-8H2,1-2H3,(H,17,21)(H,18,20). The second-order valence-electron chi connectivity index (χ2n) is 5.34. The van der Waals surface area contributed by atoms with Crippen molar-refractivity contribution in [2.24, 2.45) is 0 Å². The molecular weight excluding hydrogens is 332 g/mol. The maximum absolute atomic E-state index is 12.0. The second-order valence-corrected chi connectivity index (χ2v) is 6.43. The minimum absolute atomic E-state index is 0.136. The Hall–Kier alpha value is -2.10. The molecule has 8 nitrogen and oxygen atoms in total. The highest BCUT2D eigenvalue weighted by Gasteiger charge is 2.18. The Morgan fingerprint density at radius 2 is 2.21 bits per heavy atom. The van der Waals surface area contributed by atoms with Crippen molar-refractivity contribution in [1.29, 1.82) is 0 Å². The second kappa shape index (κ2) is 8.67. The molecule has 24 heavy (non-hydrogen) atoms. The summed E-state index contributed by atoms with van der Waals surface area (Å²) in [4.78, 5) is 35.1. The fourth-order valence-electron chi connectivity index (χ4n) is 1.90. The molecule has 1 aromatic rings. The summed E-state index contributed by atoms with van der Waals surface area (Å²) in [6.45, 7) is 3.74. The summed E-state index contributed by atoms with van der Waals surface area (Å²) in [6.07, 6.45) is -0.209. The molecule has 2 rings (SSSR count). The van der Waals surface area contributed by atoms with Crippen LogP contribution in [0.15, 0.2) is 24.3 Å². The lowest BCUT2D eigenvalue weighted by Gasteiger charge is -2.24. The van der Waals surface area contributed by atoms with Gasteiger partial charge in [0, 0.05) is 5.69 Å². The van der Waals surface area contributed by atoms with E-state index in [-0.39, 0.29) is 35.7 Å². The van der Waals surface area contributed by atoms with Crippen molar-refractivity contribution in [1.82, 2.24) is 16.2 Å². The van der Waals surface area contributed by atoms with Crippen LogP contribution < -0.4 is 21.5 Å². The van der Waals surface area contributed by atoms with E-state index in [1.54, 1.807) is 38.1 Å². The van der Waals surface area contributed by atoms with E-state index < -0.39 is 5.97 Å². The monoisotopic (exact) mass is 352 g/mol. The Kier molecular flexibility index (Phi) is 6.59. The number of benzene rings is 1. The van der Waals surface area contributed by atoms with E-state index >= 15 is 0 Å². The van der Waals surface area contributed by atoms with Crippen LogP contribution in [0.5, 0.6) is 0 Å². The van der Waals surface area contributed by atoms with Crippen molar-refractivity contribution < 1.29 is 19.1 Å². The molecule has 0 radical (unpaired) electrons. The first-order valence-corrected chi connectivity index (χ1v) is 8.49. The minimum atomic E-state index is -0.435. The summed E-state index contributed by atoms with van der Waals surface area (Å²) >= 11 is 1.24. The minimum Gasteiger partial charge on any atom is -0.459 e. The normalized spacial score (nSPS) is 17.3. The number of nitrogens with one attached hydrogen (secondary N) is 4. The molecule has 1 aliphatic rings. The van der Waals surface area contributed by atoms with Gasteiger partial charge in [0.2, 0.25) is 11.8 Å². The molecule has 0 saturated carbocycles. The summed E-state index contributed by atoms with van der Waals surface area (Å²) in [5.41, 5.74) is 6.09. The van der Waals surface area contributed by atoms with Crippen molar-refractivity contribution in [2.75, 3.05) is 17.6 Å². The lowest BCUT2D eigenvalue weighted by atomic mass is 10.2. The highest BCUT2D eigenvalue weighted by Crippen LogP contribution is 2.14. The average molecular weight is 352 g/mol. The fourth-order valence-corrected chi connectivity index (χ4v) is 2.67. The van der Waals surface area contributed by atoms with Gasteiger partial charge in [0.05, 0.1) is 24.0 Å². The van der Waals surface area contributed by atoms with Crippen LogP contribution in [0, 0.1) is 0 Å². The predicted octanol–water partition coefficient (Wildman–Crippen LogP) is 0.431. The van der Waals surface area contributed by atoms with Crippen molar-refractivity contribution >= 4 is 35.2 Å². The number of anilines is 1. The maximum atomic E-state index is 12.0. The largest absolute Gasteiger partial charge is 0.459 e. The topological polar surface area (TPSA) is 109 Å². The van der Waals surface area contributed by atoms with Crippen LogP contribution in [-0.4, -0.2) is 41.7 Å². The first-order valence-electron chi connectivity index (χ1n) is 7.44. The van der Waals surface area contributed by atoms with E-state index in [0.717, 1.165) is 0 Å². The Labute approximate surface area is 144 Å². The van der Waals surface area contributed by atoms with Crippen LogP contribution in [0.2, 0.25) is 0 Å².